The Balaban J connectivity index is 1.24. The predicted octanol–water partition coefficient (Wildman–Crippen LogP) is 4.60. The van der Waals surface area contributed by atoms with Gasteiger partial charge in [0.05, 0.1) is 12.1 Å². The molecule has 4 fully saturated rings. The van der Waals surface area contributed by atoms with Gasteiger partial charge in [-0.25, -0.2) is 4.98 Å². The van der Waals surface area contributed by atoms with Crippen molar-refractivity contribution in [2.75, 3.05) is 0 Å². The van der Waals surface area contributed by atoms with Crippen molar-refractivity contribution in [2.24, 2.45) is 23.7 Å². The maximum Gasteiger partial charge on any atom is 0.226 e. The van der Waals surface area contributed by atoms with E-state index in [1.165, 1.54) is 37.7 Å². The molecule has 4 saturated carbocycles. The van der Waals surface area contributed by atoms with Crippen LogP contribution in [0.5, 0.6) is 0 Å². The average molecular weight is 367 g/mol. The lowest BCUT2D eigenvalue weighted by Gasteiger charge is -2.54. The number of amides is 1. The molecule has 4 aliphatic rings. The standard InChI is InChI=1S/C22H26N2OS/c1-13-3-2-4-16(5-13)22-23-19(12-26-22)11-20(25)24-21-17-7-14-6-15(9-17)10-18(21)8-14/h2-5,12,14-15,17-18,21H,6-11H2,1H3,(H,24,25). The summed E-state index contributed by atoms with van der Waals surface area (Å²) in [6.45, 7) is 2.09. The first-order valence-corrected chi connectivity index (χ1v) is 10.8. The minimum absolute atomic E-state index is 0.156. The molecule has 0 radical (unpaired) electrons. The van der Waals surface area contributed by atoms with Crippen molar-refractivity contribution >= 4 is 17.2 Å². The maximum atomic E-state index is 12.7. The first kappa shape index (κ1) is 16.5. The normalized spacial score (nSPS) is 32.0. The summed E-state index contributed by atoms with van der Waals surface area (Å²) < 4.78 is 0. The number of aryl methyl sites for hydroxylation is 1. The second-order valence-electron chi connectivity index (χ2n) is 8.71. The van der Waals surface area contributed by atoms with Gasteiger partial charge >= 0.3 is 0 Å². The van der Waals surface area contributed by atoms with Crippen LogP contribution in [-0.4, -0.2) is 16.9 Å². The van der Waals surface area contributed by atoms with Crippen molar-refractivity contribution in [3.05, 3.63) is 40.9 Å². The molecule has 0 unspecified atom stereocenters. The van der Waals surface area contributed by atoms with E-state index in [2.05, 4.69) is 36.5 Å². The van der Waals surface area contributed by atoms with E-state index in [4.69, 9.17) is 4.98 Å². The van der Waals surface area contributed by atoms with Crippen LogP contribution in [0.25, 0.3) is 10.6 Å². The summed E-state index contributed by atoms with van der Waals surface area (Å²) in [5.74, 6) is 3.51. The number of aromatic nitrogens is 1. The van der Waals surface area contributed by atoms with Gasteiger partial charge in [0.15, 0.2) is 0 Å². The Labute approximate surface area is 159 Å². The number of benzene rings is 1. The highest BCUT2D eigenvalue weighted by Crippen LogP contribution is 2.53. The topological polar surface area (TPSA) is 42.0 Å². The third kappa shape index (κ3) is 3.09. The van der Waals surface area contributed by atoms with Gasteiger partial charge in [-0.2, -0.15) is 0 Å². The van der Waals surface area contributed by atoms with Gasteiger partial charge in [0.25, 0.3) is 0 Å². The van der Waals surface area contributed by atoms with Crippen LogP contribution in [0.4, 0.5) is 0 Å². The van der Waals surface area contributed by atoms with Crippen LogP contribution < -0.4 is 5.32 Å². The van der Waals surface area contributed by atoms with E-state index < -0.39 is 0 Å². The van der Waals surface area contributed by atoms with E-state index in [1.807, 2.05) is 5.38 Å². The predicted molar refractivity (Wildman–Crippen MR) is 105 cm³/mol. The summed E-state index contributed by atoms with van der Waals surface area (Å²) in [6.07, 6.45) is 7.22. The minimum atomic E-state index is 0.156. The van der Waals surface area contributed by atoms with Gasteiger partial charge in [-0.05, 0) is 68.8 Å². The number of nitrogens with zero attached hydrogens (tertiary/aromatic N) is 1. The van der Waals surface area contributed by atoms with Crippen LogP contribution >= 0.6 is 11.3 Å². The molecule has 136 valence electrons. The molecule has 26 heavy (non-hydrogen) atoms. The zero-order chi connectivity index (χ0) is 17.7. The van der Waals surface area contributed by atoms with E-state index in [-0.39, 0.29) is 5.91 Å². The molecule has 4 heteroatoms. The minimum Gasteiger partial charge on any atom is -0.352 e. The van der Waals surface area contributed by atoms with Crippen LogP contribution in [0.2, 0.25) is 0 Å². The van der Waals surface area contributed by atoms with Gasteiger partial charge in [0.1, 0.15) is 5.01 Å². The first-order valence-electron chi connectivity index (χ1n) is 9.95. The van der Waals surface area contributed by atoms with E-state index in [9.17, 15) is 4.79 Å². The average Bonchev–Trinajstić information content (AvgIpc) is 3.06. The Kier molecular flexibility index (Phi) is 4.11. The Hall–Kier alpha value is -1.68. The summed E-state index contributed by atoms with van der Waals surface area (Å²) in [5.41, 5.74) is 3.27. The second kappa shape index (κ2) is 6.49. The molecule has 4 aliphatic carbocycles. The first-order chi connectivity index (χ1) is 12.6. The highest BCUT2D eigenvalue weighted by molar-refractivity contribution is 7.13. The van der Waals surface area contributed by atoms with Crippen molar-refractivity contribution < 1.29 is 4.79 Å². The number of carbonyl (C=O) groups excluding carboxylic acids is 1. The molecular formula is C22H26N2OS. The van der Waals surface area contributed by atoms with Gasteiger partial charge < -0.3 is 5.32 Å². The largest absolute Gasteiger partial charge is 0.352 e. The number of carbonyl (C=O) groups is 1. The highest BCUT2D eigenvalue weighted by Gasteiger charge is 2.48. The lowest BCUT2D eigenvalue weighted by atomic mass is 9.54. The molecule has 2 aromatic rings. The second-order valence-corrected chi connectivity index (χ2v) is 9.57. The number of thiazole rings is 1. The molecule has 3 nitrogen and oxygen atoms in total. The summed E-state index contributed by atoms with van der Waals surface area (Å²) >= 11 is 1.63. The number of hydrogen-bond donors (Lipinski definition) is 1. The number of rotatable bonds is 4. The molecule has 6 rings (SSSR count). The Bertz CT molecular complexity index is 799. The third-order valence-corrected chi connectivity index (χ3v) is 7.65. The number of hydrogen-bond acceptors (Lipinski definition) is 3. The highest BCUT2D eigenvalue weighted by atomic mass is 32.1. The summed E-state index contributed by atoms with van der Waals surface area (Å²) in [4.78, 5) is 17.4. The molecule has 1 aromatic carbocycles. The van der Waals surface area contributed by atoms with E-state index in [0.29, 0.717) is 12.5 Å². The Morgan fingerprint density at radius 2 is 1.88 bits per heavy atom. The zero-order valence-electron chi connectivity index (χ0n) is 15.3. The van der Waals surface area contributed by atoms with Crippen LogP contribution in [0, 0.1) is 30.6 Å². The lowest BCUT2D eigenvalue weighted by molar-refractivity contribution is -0.124. The quantitative estimate of drug-likeness (QED) is 0.859. The molecule has 1 heterocycles. The smallest absolute Gasteiger partial charge is 0.226 e. The molecule has 0 atom stereocenters. The van der Waals surface area contributed by atoms with Crippen molar-refractivity contribution in [1.29, 1.82) is 0 Å². The summed E-state index contributed by atoms with van der Waals surface area (Å²) in [5, 5.41) is 6.44. The Morgan fingerprint density at radius 3 is 2.58 bits per heavy atom. The molecular weight excluding hydrogens is 340 g/mol. The van der Waals surface area contributed by atoms with E-state index in [1.54, 1.807) is 11.3 Å². The van der Waals surface area contributed by atoms with Gasteiger partial charge in [0.2, 0.25) is 5.91 Å². The van der Waals surface area contributed by atoms with E-state index >= 15 is 0 Å². The van der Waals surface area contributed by atoms with Crippen LogP contribution in [0.3, 0.4) is 0 Å². The molecule has 0 saturated heterocycles. The van der Waals surface area contributed by atoms with Crippen molar-refractivity contribution in [3.8, 4) is 10.6 Å². The monoisotopic (exact) mass is 366 g/mol. The molecule has 1 aromatic heterocycles. The summed E-state index contributed by atoms with van der Waals surface area (Å²) in [6, 6.07) is 8.81. The fourth-order valence-corrected chi connectivity index (χ4v) is 6.68. The fraction of sp³-hybridized carbons (Fsp3) is 0.545. The molecule has 1 N–H and O–H groups in total. The van der Waals surface area contributed by atoms with Crippen LogP contribution in [0.1, 0.15) is 43.4 Å². The van der Waals surface area contributed by atoms with Crippen molar-refractivity contribution in [1.82, 2.24) is 10.3 Å². The SMILES string of the molecule is Cc1cccc(-c2nc(CC(=O)NC3C4CC5CC(C4)CC3C5)cs2)c1. The van der Waals surface area contributed by atoms with Crippen LogP contribution in [-0.2, 0) is 11.2 Å². The van der Waals surface area contributed by atoms with Crippen molar-refractivity contribution in [2.45, 2.75) is 51.5 Å². The van der Waals surface area contributed by atoms with E-state index in [0.717, 1.165) is 39.9 Å². The lowest BCUT2D eigenvalue weighted by Crippen LogP contribution is -2.56. The fourth-order valence-electron chi connectivity index (χ4n) is 5.86. The number of nitrogens with one attached hydrogen (secondary N) is 1. The van der Waals surface area contributed by atoms with Gasteiger partial charge in [-0.1, -0.05) is 23.8 Å². The molecule has 0 spiro atoms. The van der Waals surface area contributed by atoms with Gasteiger partial charge in [0, 0.05) is 17.0 Å². The van der Waals surface area contributed by atoms with Gasteiger partial charge in [-0.3, -0.25) is 4.79 Å². The van der Waals surface area contributed by atoms with Crippen LogP contribution in [0.15, 0.2) is 29.6 Å². The molecule has 1 amide bonds. The van der Waals surface area contributed by atoms with Crippen molar-refractivity contribution in [3.63, 3.8) is 0 Å². The molecule has 4 bridgehead atoms. The summed E-state index contributed by atoms with van der Waals surface area (Å²) in [7, 11) is 0. The molecule has 0 aliphatic heterocycles. The third-order valence-electron chi connectivity index (χ3n) is 6.71. The Morgan fingerprint density at radius 1 is 1.15 bits per heavy atom. The van der Waals surface area contributed by atoms with Gasteiger partial charge in [-0.15, -0.1) is 11.3 Å². The zero-order valence-corrected chi connectivity index (χ0v) is 16.1. The maximum absolute atomic E-state index is 12.7.